The molecule has 26 heavy (non-hydrogen) atoms. The van der Waals surface area contributed by atoms with Gasteiger partial charge in [0.1, 0.15) is 11.4 Å². The average molecular weight is 349 g/mol. The zero-order valence-electron chi connectivity index (χ0n) is 15.2. The van der Waals surface area contributed by atoms with Gasteiger partial charge in [0.2, 0.25) is 0 Å². The van der Waals surface area contributed by atoms with Gasteiger partial charge in [0.05, 0.1) is 17.2 Å². The third-order valence-electron chi connectivity index (χ3n) is 4.75. The van der Waals surface area contributed by atoms with E-state index in [9.17, 15) is 4.79 Å². The second kappa shape index (κ2) is 6.57. The Morgan fingerprint density at radius 2 is 1.85 bits per heavy atom. The number of para-hydroxylation sites is 2. The maximum Gasteiger partial charge on any atom is 0.261 e. The van der Waals surface area contributed by atoms with Crippen molar-refractivity contribution in [3.05, 3.63) is 70.8 Å². The quantitative estimate of drug-likeness (QED) is 0.729. The van der Waals surface area contributed by atoms with E-state index < -0.39 is 0 Å². The number of hydrogen-bond acceptors (Lipinski definition) is 4. The molecule has 3 aromatic rings. The molecule has 4 rings (SSSR count). The SMILES string of the molecule is CC1(C)CN(CCn2cnc3ccccc3c2=O)Cc2ccccc2O1. The highest BCUT2D eigenvalue weighted by Crippen LogP contribution is 2.28. The molecule has 0 bridgehead atoms. The van der Waals surface area contributed by atoms with Gasteiger partial charge in [0.25, 0.3) is 5.56 Å². The monoisotopic (exact) mass is 349 g/mol. The number of aromatic nitrogens is 2. The fraction of sp³-hybridized carbons (Fsp3) is 0.333. The van der Waals surface area contributed by atoms with Crippen molar-refractivity contribution >= 4 is 10.9 Å². The number of fused-ring (bicyclic) bond motifs is 2. The second-order valence-electron chi connectivity index (χ2n) is 7.44. The van der Waals surface area contributed by atoms with E-state index in [1.165, 1.54) is 5.56 Å². The summed E-state index contributed by atoms with van der Waals surface area (Å²) in [5, 5.41) is 0.667. The Morgan fingerprint density at radius 1 is 1.08 bits per heavy atom. The molecule has 134 valence electrons. The third kappa shape index (κ3) is 3.35. The molecule has 0 unspecified atom stereocenters. The second-order valence-corrected chi connectivity index (χ2v) is 7.44. The molecule has 5 nitrogen and oxygen atoms in total. The first-order valence-corrected chi connectivity index (χ1v) is 8.95. The lowest BCUT2D eigenvalue weighted by Crippen LogP contribution is -2.42. The van der Waals surface area contributed by atoms with Crippen molar-refractivity contribution in [3.8, 4) is 5.75 Å². The van der Waals surface area contributed by atoms with Crippen LogP contribution in [0.4, 0.5) is 0 Å². The van der Waals surface area contributed by atoms with Crippen LogP contribution in [0.25, 0.3) is 10.9 Å². The highest BCUT2D eigenvalue weighted by atomic mass is 16.5. The highest BCUT2D eigenvalue weighted by molar-refractivity contribution is 5.76. The van der Waals surface area contributed by atoms with Crippen molar-refractivity contribution in [2.75, 3.05) is 13.1 Å². The van der Waals surface area contributed by atoms with E-state index in [2.05, 4.69) is 29.8 Å². The van der Waals surface area contributed by atoms with E-state index in [1.54, 1.807) is 10.9 Å². The predicted octanol–water partition coefficient (Wildman–Crippen LogP) is 3.07. The van der Waals surface area contributed by atoms with Crippen LogP contribution < -0.4 is 10.3 Å². The standard InChI is InChI=1S/C21H23N3O2/c1-21(2)14-23(13-16-7-3-6-10-19(16)26-21)11-12-24-15-22-18-9-5-4-8-17(18)20(24)25/h3-10,15H,11-14H2,1-2H3. The molecule has 2 aromatic carbocycles. The molecule has 0 radical (unpaired) electrons. The Kier molecular flexibility index (Phi) is 4.24. The lowest BCUT2D eigenvalue weighted by atomic mass is 10.1. The molecule has 5 heteroatoms. The van der Waals surface area contributed by atoms with Crippen molar-refractivity contribution in [3.63, 3.8) is 0 Å². The van der Waals surface area contributed by atoms with Gasteiger partial charge in [-0.2, -0.15) is 0 Å². The molecule has 0 amide bonds. The van der Waals surface area contributed by atoms with Gasteiger partial charge in [-0.1, -0.05) is 30.3 Å². The topological polar surface area (TPSA) is 47.4 Å². The van der Waals surface area contributed by atoms with E-state index in [1.807, 2.05) is 42.5 Å². The van der Waals surface area contributed by atoms with Crippen LogP contribution in [0, 0.1) is 0 Å². The highest BCUT2D eigenvalue weighted by Gasteiger charge is 2.28. The van der Waals surface area contributed by atoms with Gasteiger partial charge in [-0.25, -0.2) is 4.98 Å². The van der Waals surface area contributed by atoms with E-state index in [4.69, 9.17) is 4.74 Å². The van der Waals surface area contributed by atoms with Crippen LogP contribution in [-0.4, -0.2) is 33.1 Å². The summed E-state index contributed by atoms with van der Waals surface area (Å²) in [6, 6.07) is 15.7. The Balaban J connectivity index is 1.56. The van der Waals surface area contributed by atoms with Crippen molar-refractivity contribution in [2.24, 2.45) is 0 Å². The van der Waals surface area contributed by atoms with Crippen molar-refractivity contribution in [2.45, 2.75) is 32.5 Å². The molecular weight excluding hydrogens is 326 g/mol. The molecular formula is C21H23N3O2. The van der Waals surface area contributed by atoms with Crippen LogP contribution in [0.1, 0.15) is 19.4 Å². The van der Waals surface area contributed by atoms with E-state index in [-0.39, 0.29) is 11.2 Å². The lowest BCUT2D eigenvalue weighted by molar-refractivity contribution is 0.0696. The molecule has 0 aliphatic carbocycles. The first kappa shape index (κ1) is 16.8. The summed E-state index contributed by atoms with van der Waals surface area (Å²) < 4.78 is 7.89. The number of benzene rings is 2. The van der Waals surface area contributed by atoms with Crippen LogP contribution in [0.5, 0.6) is 5.75 Å². The van der Waals surface area contributed by atoms with Gasteiger partial charge in [-0.3, -0.25) is 14.3 Å². The summed E-state index contributed by atoms with van der Waals surface area (Å²) in [5.74, 6) is 0.949. The maximum absolute atomic E-state index is 12.7. The van der Waals surface area contributed by atoms with E-state index in [0.29, 0.717) is 11.9 Å². The third-order valence-corrected chi connectivity index (χ3v) is 4.75. The fourth-order valence-electron chi connectivity index (χ4n) is 3.57. The molecule has 0 fully saturated rings. The van der Waals surface area contributed by atoms with Crippen molar-refractivity contribution in [1.29, 1.82) is 0 Å². The van der Waals surface area contributed by atoms with Crippen LogP contribution in [0.15, 0.2) is 59.7 Å². The van der Waals surface area contributed by atoms with Crippen molar-refractivity contribution in [1.82, 2.24) is 14.5 Å². The van der Waals surface area contributed by atoms with Crippen LogP contribution in [0.3, 0.4) is 0 Å². The normalized spacial score (nSPS) is 16.7. The molecule has 1 aliphatic rings. The maximum atomic E-state index is 12.7. The molecule has 0 N–H and O–H groups in total. The molecule has 0 spiro atoms. The summed E-state index contributed by atoms with van der Waals surface area (Å²) in [7, 11) is 0. The predicted molar refractivity (Wildman–Crippen MR) is 102 cm³/mol. The Hall–Kier alpha value is -2.66. The molecule has 0 saturated carbocycles. The summed E-state index contributed by atoms with van der Waals surface area (Å²) in [6.45, 7) is 7.19. The molecule has 1 aliphatic heterocycles. The van der Waals surface area contributed by atoms with Crippen molar-refractivity contribution < 1.29 is 4.74 Å². The lowest BCUT2D eigenvalue weighted by Gasteiger charge is -2.29. The molecule has 0 saturated heterocycles. The summed E-state index contributed by atoms with van der Waals surface area (Å²) in [4.78, 5) is 19.4. The Labute approximate surface area is 152 Å². The summed E-state index contributed by atoms with van der Waals surface area (Å²) >= 11 is 0. The minimum atomic E-state index is -0.279. The minimum absolute atomic E-state index is 0.0151. The largest absolute Gasteiger partial charge is 0.486 e. The van der Waals surface area contributed by atoms with E-state index in [0.717, 1.165) is 30.9 Å². The Morgan fingerprint density at radius 3 is 2.73 bits per heavy atom. The van der Waals surface area contributed by atoms with Crippen LogP contribution >= 0.6 is 0 Å². The number of nitrogens with zero attached hydrogens (tertiary/aromatic N) is 3. The van der Waals surface area contributed by atoms with Gasteiger partial charge < -0.3 is 4.74 Å². The summed E-state index contributed by atoms with van der Waals surface area (Å²) in [5.41, 5.74) is 1.66. The first-order chi connectivity index (χ1) is 12.5. The number of rotatable bonds is 3. The zero-order valence-corrected chi connectivity index (χ0v) is 15.2. The zero-order chi connectivity index (χ0) is 18.1. The number of ether oxygens (including phenoxy) is 1. The molecule has 2 heterocycles. The molecule has 0 atom stereocenters. The average Bonchev–Trinajstić information content (AvgIpc) is 2.75. The smallest absolute Gasteiger partial charge is 0.261 e. The van der Waals surface area contributed by atoms with Gasteiger partial charge in [-0.15, -0.1) is 0 Å². The van der Waals surface area contributed by atoms with Crippen LogP contribution in [-0.2, 0) is 13.1 Å². The fourth-order valence-corrected chi connectivity index (χ4v) is 3.57. The van der Waals surface area contributed by atoms with Gasteiger partial charge in [0, 0.05) is 31.7 Å². The van der Waals surface area contributed by atoms with Gasteiger partial charge in [-0.05, 0) is 32.0 Å². The van der Waals surface area contributed by atoms with Gasteiger partial charge in [0.15, 0.2) is 0 Å². The summed E-state index contributed by atoms with van der Waals surface area (Å²) in [6.07, 6.45) is 1.65. The number of hydrogen-bond donors (Lipinski definition) is 0. The van der Waals surface area contributed by atoms with Gasteiger partial charge >= 0.3 is 0 Å². The Bertz CT molecular complexity index is 994. The first-order valence-electron chi connectivity index (χ1n) is 8.95. The minimum Gasteiger partial charge on any atom is -0.486 e. The van der Waals surface area contributed by atoms with Crippen LogP contribution in [0.2, 0.25) is 0 Å². The van der Waals surface area contributed by atoms with E-state index >= 15 is 0 Å². The molecule has 1 aromatic heterocycles.